The zero-order chi connectivity index (χ0) is 10.7. The molecule has 2 fully saturated rings. The highest BCUT2D eigenvalue weighted by Gasteiger charge is 2.26. The second kappa shape index (κ2) is 5.05. The van der Waals surface area contributed by atoms with Crippen molar-refractivity contribution in [3.63, 3.8) is 0 Å². The summed E-state index contributed by atoms with van der Waals surface area (Å²) in [6.45, 7) is 6.19. The molecule has 0 radical (unpaired) electrons. The first-order chi connectivity index (χ1) is 7.24. The molecule has 4 nitrogen and oxygen atoms in total. The molecule has 0 bridgehead atoms. The molecule has 4 heteroatoms. The van der Waals surface area contributed by atoms with Crippen molar-refractivity contribution in [2.45, 2.75) is 6.42 Å². The monoisotopic (exact) mass is 212 g/mol. The van der Waals surface area contributed by atoms with Crippen LogP contribution in [0, 0.1) is 5.92 Å². The Balaban J connectivity index is 1.63. The number of morpholine rings is 1. The van der Waals surface area contributed by atoms with Crippen LogP contribution >= 0.6 is 0 Å². The molecule has 0 N–H and O–H groups in total. The van der Waals surface area contributed by atoms with Gasteiger partial charge in [0.05, 0.1) is 19.8 Å². The summed E-state index contributed by atoms with van der Waals surface area (Å²) >= 11 is 0. The minimum atomic E-state index is 0.398. The Morgan fingerprint density at radius 3 is 2.60 bits per heavy atom. The van der Waals surface area contributed by atoms with Crippen molar-refractivity contribution in [2.75, 3.05) is 53.0 Å². The molecule has 2 aliphatic heterocycles. The fraction of sp³-hybridized carbons (Fsp3) is 0.909. The van der Waals surface area contributed by atoms with Gasteiger partial charge in [-0.3, -0.25) is 9.69 Å². The number of hydrogen-bond donors (Lipinski definition) is 0. The van der Waals surface area contributed by atoms with Crippen molar-refractivity contribution in [2.24, 2.45) is 5.92 Å². The summed E-state index contributed by atoms with van der Waals surface area (Å²) in [5, 5.41) is 0. The first-order valence-corrected chi connectivity index (χ1v) is 5.74. The van der Waals surface area contributed by atoms with Crippen LogP contribution in [-0.4, -0.2) is 68.6 Å². The molecule has 0 aliphatic carbocycles. The van der Waals surface area contributed by atoms with E-state index >= 15 is 0 Å². The maximum atomic E-state index is 11.7. The van der Waals surface area contributed by atoms with Crippen LogP contribution in [0.25, 0.3) is 0 Å². The number of ketones is 1. The van der Waals surface area contributed by atoms with Crippen LogP contribution in [0.1, 0.15) is 6.42 Å². The smallest absolute Gasteiger partial charge is 0.147 e. The van der Waals surface area contributed by atoms with Gasteiger partial charge in [-0.05, 0) is 13.0 Å². The minimum Gasteiger partial charge on any atom is -0.379 e. The topological polar surface area (TPSA) is 32.8 Å². The quantitative estimate of drug-likeness (QED) is 0.648. The van der Waals surface area contributed by atoms with Crippen LogP contribution in [0.5, 0.6) is 0 Å². The van der Waals surface area contributed by atoms with E-state index in [-0.39, 0.29) is 0 Å². The number of carbonyl (C=O) groups is 1. The highest BCUT2D eigenvalue weighted by Crippen LogP contribution is 2.17. The zero-order valence-corrected chi connectivity index (χ0v) is 9.45. The van der Waals surface area contributed by atoms with Gasteiger partial charge in [0, 0.05) is 32.6 Å². The predicted molar refractivity (Wildman–Crippen MR) is 57.9 cm³/mol. The number of rotatable bonds is 4. The number of nitrogens with zero attached hydrogens (tertiary/aromatic N) is 2. The molecule has 2 rings (SSSR count). The summed E-state index contributed by atoms with van der Waals surface area (Å²) in [7, 11) is 2.10. The maximum Gasteiger partial charge on any atom is 0.147 e. The Morgan fingerprint density at radius 2 is 2.00 bits per heavy atom. The molecule has 0 unspecified atom stereocenters. The van der Waals surface area contributed by atoms with Gasteiger partial charge in [-0.15, -0.1) is 0 Å². The second-order valence-electron chi connectivity index (χ2n) is 4.72. The largest absolute Gasteiger partial charge is 0.379 e. The van der Waals surface area contributed by atoms with Crippen LogP contribution in [0.4, 0.5) is 0 Å². The van der Waals surface area contributed by atoms with E-state index in [9.17, 15) is 4.79 Å². The van der Waals surface area contributed by atoms with Gasteiger partial charge in [-0.25, -0.2) is 0 Å². The molecule has 2 aliphatic rings. The van der Waals surface area contributed by atoms with Crippen molar-refractivity contribution < 1.29 is 9.53 Å². The van der Waals surface area contributed by atoms with E-state index < -0.39 is 0 Å². The number of hydrogen-bond acceptors (Lipinski definition) is 4. The molecule has 0 atom stereocenters. The van der Waals surface area contributed by atoms with E-state index in [1.807, 2.05) is 0 Å². The summed E-state index contributed by atoms with van der Waals surface area (Å²) in [5.41, 5.74) is 0. The molecule has 15 heavy (non-hydrogen) atoms. The van der Waals surface area contributed by atoms with Crippen LogP contribution in [0.3, 0.4) is 0 Å². The number of ether oxygens (including phenoxy) is 1. The van der Waals surface area contributed by atoms with E-state index in [2.05, 4.69) is 16.8 Å². The Morgan fingerprint density at radius 1 is 1.33 bits per heavy atom. The highest BCUT2D eigenvalue weighted by atomic mass is 16.5. The fourth-order valence-corrected chi connectivity index (χ4v) is 2.35. The van der Waals surface area contributed by atoms with Gasteiger partial charge in [0.2, 0.25) is 0 Å². The SMILES string of the molecule is CN1CC(CC(=O)CN2CCOCC2)C1. The molecule has 0 aromatic heterocycles. The van der Waals surface area contributed by atoms with Gasteiger partial charge in [-0.1, -0.05) is 0 Å². The lowest BCUT2D eigenvalue weighted by molar-refractivity contribution is -0.123. The van der Waals surface area contributed by atoms with E-state index in [1.54, 1.807) is 0 Å². The molecule has 0 saturated carbocycles. The first kappa shape index (κ1) is 11.0. The van der Waals surface area contributed by atoms with Crippen LogP contribution in [-0.2, 0) is 9.53 Å². The highest BCUT2D eigenvalue weighted by molar-refractivity contribution is 5.80. The predicted octanol–water partition coefficient (Wildman–Crippen LogP) is -0.161. The van der Waals surface area contributed by atoms with E-state index in [1.165, 1.54) is 0 Å². The average Bonchev–Trinajstić information content (AvgIpc) is 2.17. The van der Waals surface area contributed by atoms with Crippen molar-refractivity contribution in [3.05, 3.63) is 0 Å². The Bertz CT molecular complexity index is 221. The fourth-order valence-electron chi connectivity index (χ4n) is 2.35. The molecular weight excluding hydrogens is 192 g/mol. The van der Waals surface area contributed by atoms with Crippen molar-refractivity contribution in [1.29, 1.82) is 0 Å². The van der Waals surface area contributed by atoms with Gasteiger partial charge in [-0.2, -0.15) is 0 Å². The molecule has 0 aromatic carbocycles. The van der Waals surface area contributed by atoms with Crippen molar-refractivity contribution in [3.8, 4) is 0 Å². The normalized spacial score (nSPS) is 25.1. The lowest BCUT2D eigenvalue weighted by Crippen LogP contribution is -2.46. The molecule has 0 amide bonds. The van der Waals surface area contributed by atoms with Gasteiger partial charge in [0.1, 0.15) is 5.78 Å². The maximum absolute atomic E-state index is 11.7. The van der Waals surface area contributed by atoms with Crippen molar-refractivity contribution in [1.82, 2.24) is 9.80 Å². The summed E-state index contributed by atoms with van der Waals surface area (Å²) in [6, 6.07) is 0. The molecule has 0 spiro atoms. The van der Waals surface area contributed by atoms with Crippen LogP contribution in [0.2, 0.25) is 0 Å². The standard InChI is InChI=1S/C11H20N2O2/c1-12-7-10(8-12)6-11(14)9-13-2-4-15-5-3-13/h10H,2-9H2,1H3. The zero-order valence-electron chi connectivity index (χ0n) is 9.45. The summed E-state index contributed by atoms with van der Waals surface area (Å²) in [6.07, 6.45) is 0.766. The third kappa shape index (κ3) is 3.26. The average molecular weight is 212 g/mol. The van der Waals surface area contributed by atoms with E-state index in [4.69, 9.17) is 4.74 Å². The molecule has 0 aromatic rings. The molecule has 86 valence electrons. The lowest BCUT2D eigenvalue weighted by atomic mass is 9.95. The Kier molecular flexibility index (Phi) is 3.72. The lowest BCUT2D eigenvalue weighted by Gasteiger charge is -2.36. The van der Waals surface area contributed by atoms with Gasteiger partial charge in [0.15, 0.2) is 0 Å². The molecule has 2 saturated heterocycles. The van der Waals surface area contributed by atoms with E-state index in [0.717, 1.165) is 45.8 Å². The minimum absolute atomic E-state index is 0.398. The second-order valence-corrected chi connectivity index (χ2v) is 4.72. The third-order valence-electron chi connectivity index (χ3n) is 3.16. The Labute approximate surface area is 91.2 Å². The number of carbonyl (C=O) groups excluding carboxylic acids is 1. The van der Waals surface area contributed by atoms with E-state index in [0.29, 0.717) is 18.2 Å². The van der Waals surface area contributed by atoms with Crippen LogP contribution < -0.4 is 0 Å². The third-order valence-corrected chi connectivity index (χ3v) is 3.16. The summed E-state index contributed by atoms with van der Waals surface area (Å²) in [5.74, 6) is 1.01. The van der Waals surface area contributed by atoms with Crippen LogP contribution in [0.15, 0.2) is 0 Å². The molecular formula is C11H20N2O2. The first-order valence-electron chi connectivity index (χ1n) is 5.74. The van der Waals surface area contributed by atoms with Gasteiger partial charge in [0.25, 0.3) is 0 Å². The molecule has 2 heterocycles. The van der Waals surface area contributed by atoms with Gasteiger partial charge >= 0.3 is 0 Å². The summed E-state index contributed by atoms with van der Waals surface area (Å²) < 4.78 is 5.25. The Hall–Kier alpha value is -0.450. The van der Waals surface area contributed by atoms with Crippen molar-refractivity contribution >= 4 is 5.78 Å². The number of likely N-dealkylation sites (tertiary alicyclic amines) is 1. The number of Topliss-reactive ketones (excluding diaryl/α,β-unsaturated/α-hetero) is 1. The van der Waals surface area contributed by atoms with Gasteiger partial charge < -0.3 is 9.64 Å². The summed E-state index contributed by atoms with van der Waals surface area (Å²) in [4.78, 5) is 16.2.